The molecular weight excluding hydrogens is 506 g/mol. The van der Waals surface area contributed by atoms with Gasteiger partial charge in [0.05, 0.1) is 15.4 Å². The van der Waals surface area contributed by atoms with E-state index in [1.807, 2.05) is 0 Å². The van der Waals surface area contributed by atoms with Crippen LogP contribution in [0.5, 0.6) is 11.5 Å². The Morgan fingerprint density at radius 1 is 1.00 bits per heavy atom. The van der Waals surface area contributed by atoms with Crippen molar-refractivity contribution in [2.45, 2.75) is 24.8 Å². The Hall–Kier alpha value is -4.65. The van der Waals surface area contributed by atoms with Crippen molar-refractivity contribution in [3.63, 3.8) is 0 Å². The Morgan fingerprint density at radius 3 is 2.38 bits per heavy atom. The largest absolute Gasteiger partial charge is 0.454 e. The molecule has 1 heterocycles. The second-order valence-corrected chi connectivity index (χ2v) is 9.65. The fraction of sp³-hybridized carbons (Fsp3) is 0.167. The van der Waals surface area contributed by atoms with E-state index in [-0.39, 0.29) is 28.6 Å². The molecule has 12 nitrogen and oxygen atoms in total. The first kappa shape index (κ1) is 25.4. The SMILES string of the molecule is Cc1ccc([N+](=O)[O-])cc1S(=O)(=O)Nc1ccc(C(=O)O[C@@H](C)C(=O)Nc2ccc3c(c2)OCO3)cc1. The molecule has 4 rings (SSSR count). The number of esters is 1. The number of hydrogen-bond donors (Lipinski definition) is 2. The zero-order valence-electron chi connectivity index (χ0n) is 19.6. The van der Waals surface area contributed by atoms with Crippen molar-refractivity contribution in [3.8, 4) is 11.5 Å². The normalized spacial score (nSPS) is 12.9. The van der Waals surface area contributed by atoms with E-state index in [4.69, 9.17) is 14.2 Å². The number of ether oxygens (including phenoxy) is 3. The maximum Gasteiger partial charge on any atom is 0.338 e. The summed E-state index contributed by atoms with van der Waals surface area (Å²) in [5.41, 5.74) is 0.605. The number of carbonyl (C=O) groups excluding carboxylic acids is 2. The number of carbonyl (C=O) groups is 2. The third-order valence-corrected chi connectivity index (χ3v) is 6.86. The minimum atomic E-state index is -4.14. The van der Waals surface area contributed by atoms with Crippen LogP contribution in [0.15, 0.2) is 65.6 Å². The highest BCUT2D eigenvalue weighted by atomic mass is 32.2. The minimum absolute atomic E-state index is 0.0807. The Morgan fingerprint density at radius 2 is 1.68 bits per heavy atom. The number of rotatable bonds is 8. The summed E-state index contributed by atoms with van der Waals surface area (Å²) in [6.07, 6.45) is -1.13. The van der Waals surface area contributed by atoms with Crippen molar-refractivity contribution in [1.29, 1.82) is 0 Å². The predicted octanol–water partition coefficient (Wildman–Crippen LogP) is 3.62. The number of non-ortho nitro benzene ring substituents is 1. The van der Waals surface area contributed by atoms with Gasteiger partial charge in [0.1, 0.15) is 0 Å². The molecule has 0 bridgehead atoms. The standard InChI is InChI=1S/C24H21N3O9S/c1-14-3-9-19(27(30)31)12-22(14)37(32,33)26-17-6-4-16(5-7-17)24(29)36-15(2)23(28)25-18-8-10-20-21(11-18)35-13-34-20/h3-12,15,26H,13H2,1-2H3,(H,25,28)/t15-/m0/s1. The van der Waals surface area contributed by atoms with Gasteiger partial charge in [-0.1, -0.05) is 6.07 Å². The topological polar surface area (TPSA) is 163 Å². The first-order valence-corrected chi connectivity index (χ1v) is 12.3. The Balaban J connectivity index is 1.38. The van der Waals surface area contributed by atoms with E-state index in [9.17, 15) is 28.1 Å². The maximum absolute atomic E-state index is 12.8. The molecule has 0 fully saturated rings. The quantitative estimate of drug-likeness (QED) is 0.253. The molecule has 0 saturated heterocycles. The summed E-state index contributed by atoms with van der Waals surface area (Å²) in [4.78, 5) is 35.0. The van der Waals surface area contributed by atoms with Crippen molar-refractivity contribution in [2.24, 2.45) is 0 Å². The lowest BCUT2D eigenvalue weighted by Gasteiger charge is -2.14. The molecule has 13 heteroatoms. The number of nitrogens with zero attached hydrogens (tertiary/aromatic N) is 1. The van der Waals surface area contributed by atoms with E-state index < -0.39 is 32.9 Å². The number of benzene rings is 3. The van der Waals surface area contributed by atoms with Crippen molar-refractivity contribution in [3.05, 3.63) is 81.9 Å². The zero-order valence-corrected chi connectivity index (χ0v) is 20.4. The van der Waals surface area contributed by atoms with Crippen molar-refractivity contribution in [1.82, 2.24) is 0 Å². The smallest absolute Gasteiger partial charge is 0.338 e. The fourth-order valence-corrected chi connectivity index (χ4v) is 4.70. The molecule has 0 spiro atoms. The van der Waals surface area contributed by atoms with Crippen molar-refractivity contribution >= 4 is 39.0 Å². The molecule has 0 unspecified atom stereocenters. The highest BCUT2D eigenvalue weighted by Gasteiger charge is 2.23. The van der Waals surface area contributed by atoms with Crippen LogP contribution in [0.1, 0.15) is 22.8 Å². The number of nitrogens with one attached hydrogen (secondary N) is 2. The van der Waals surface area contributed by atoms with Crippen LogP contribution in [0.25, 0.3) is 0 Å². The highest BCUT2D eigenvalue weighted by molar-refractivity contribution is 7.92. The van der Waals surface area contributed by atoms with Crippen LogP contribution < -0.4 is 19.5 Å². The molecule has 0 radical (unpaired) electrons. The van der Waals surface area contributed by atoms with E-state index in [0.717, 1.165) is 6.07 Å². The van der Waals surface area contributed by atoms with Gasteiger partial charge in [-0.15, -0.1) is 0 Å². The monoisotopic (exact) mass is 527 g/mol. The molecule has 1 aliphatic heterocycles. The third-order valence-electron chi connectivity index (χ3n) is 5.34. The Kier molecular flexibility index (Phi) is 6.98. The fourth-order valence-electron chi connectivity index (χ4n) is 3.38. The van der Waals surface area contributed by atoms with E-state index in [2.05, 4.69) is 10.0 Å². The lowest BCUT2D eigenvalue weighted by Crippen LogP contribution is -2.30. The first-order valence-electron chi connectivity index (χ1n) is 10.8. The molecule has 37 heavy (non-hydrogen) atoms. The lowest BCUT2D eigenvalue weighted by atomic mass is 10.2. The Bertz CT molecular complexity index is 1490. The number of amides is 1. The van der Waals surface area contributed by atoms with Crippen LogP contribution in [0.2, 0.25) is 0 Å². The van der Waals surface area contributed by atoms with Gasteiger partial charge < -0.3 is 19.5 Å². The third kappa shape index (κ3) is 5.78. The van der Waals surface area contributed by atoms with Crippen LogP contribution in [0, 0.1) is 17.0 Å². The summed E-state index contributed by atoms with van der Waals surface area (Å²) < 4.78 is 43.5. The molecule has 0 aromatic heterocycles. The van der Waals surface area contributed by atoms with E-state index in [1.54, 1.807) is 18.2 Å². The van der Waals surface area contributed by atoms with E-state index >= 15 is 0 Å². The summed E-state index contributed by atoms with van der Waals surface area (Å²) in [6.45, 7) is 3.01. The summed E-state index contributed by atoms with van der Waals surface area (Å²) in [6, 6.07) is 13.7. The number of hydrogen-bond acceptors (Lipinski definition) is 9. The summed E-state index contributed by atoms with van der Waals surface area (Å²) >= 11 is 0. The number of sulfonamides is 1. The van der Waals surface area contributed by atoms with Crippen LogP contribution in [0.3, 0.4) is 0 Å². The van der Waals surface area contributed by atoms with Gasteiger partial charge in [0.2, 0.25) is 6.79 Å². The van der Waals surface area contributed by atoms with Crippen molar-refractivity contribution < 1.29 is 37.1 Å². The molecule has 1 atom stereocenters. The van der Waals surface area contributed by atoms with Gasteiger partial charge in [-0.05, 0) is 55.8 Å². The van der Waals surface area contributed by atoms with Gasteiger partial charge in [0.15, 0.2) is 17.6 Å². The second-order valence-electron chi connectivity index (χ2n) is 7.99. The molecule has 2 N–H and O–H groups in total. The summed E-state index contributed by atoms with van der Waals surface area (Å²) in [7, 11) is -4.14. The van der Waals surface area contributed by atoms with Crippen LogP contribution in [-0.2, 0) is 19.6 Å². The highest BCUT2D eigenvalue weighted by Crippen LogP contribution is 2.34. The van der Waals surface area contributed by atoms with E-state index in [1.165, 1.54) is 50.2 Å². The maximum atomic E-state index is 12.8. The predicted molar refractivity (Wildman–Crippen MR) is 131 cm³/mol. The van der Waals surface area contributed by atoms with Gasteiger partial charge in [-0.3, -0.25) is 19.6 Å². The number of nitro groups is 1. The van der Waals surface area contributed by atoms with Crippen LogP contribution in [0.4, 0.5) is 17.1 Å². The minimum Gasteiger partial charge on any atom is -0.454 e. The molecule has 0 saturated carbocycles. The lowest BCUT2D eigenvalue weighted by molar-refractivity contribution is -0.385. The van der Waals surface area contributed by atoms with E-state index in [0.29, 0.717) is 22.7 Å². The van der Waals surface area contributed by atoms with Gasteiger partial charge in [-0.25, -0.2) is 13.2 Å². The molecule has 1 amide bonds. The molecule has 192 valence electrons. The van der Waals surface area contributed by atoms with Crippen LogP contribution >= 0.6 is 0 Å². The number of anilines is 2. The molecule has 0 aliphatic carbocycles. The summed E-state index contributed by atoms with van der Waals surface area (Å²) in [5.74, 6) is -0.316. The van der Waals surface area contributed by atoms with Gasteiger partial charge in [-0.2, -0.15) is 0 Å². The van der Waals surface area contributed by atoms with Crippen LogP contribution in [-0.4, -0.2) is 38.1 Å². The number of nitro benzene ring substituents is 1. The Labute approximate surface area is 211 Å². The summed E-state index contributed by atoms with van der Waals surface area (Å²) in [5, 5.41) is 13.6. The zero-order chi connectivity index (χ0) is 26.7. The second kappa shape index (κ2) is 10.1. The number of fused-ring (bicyclic) bond motifs is 1. The molecule has 1 aliphatic rings. The van der Waals surface area contributed by atoms with Gasteiger partial charge in [0, 0.05) is 29.6 Å². The van der Waals surface area contributed by atoms with Gasteiger partial charge in [0.25, 0.3) is 21.6 Å². The van der Waals surface area contributed by atoms with Crippen molar-refractivity contribution in [2.75, 3.05) is 16.8 Å². The number of aryl methyl sites for hydroxylation is 1. The molecular formula is C24H21N3O9S. The average molecular weight is 528 g/mol. The molecule has 3 aromatic carbocycles. The molecule has 3 aromatic rings. The average Bonchev–Trinajstić information content (AvgIpc) is 3.32. The first-order chi connectivity index (χ1) is 17.5. The van der Waals surface area contributed by atoms with Gasteiger partial charge >= 0.3 is 5.97 Å².